The highest BCUT2D eigenvalue weighted by Crippen LogP contribution is 2.25. The van der Waals surface area contributed by atoms with E-state index in [0.29, 0.717) is 11.3 Å². The predicted octanol–water partition coefficient (Wildman–Crippen LogP) is -1.16. The van der Waals surface area contributed by atoms with Crippen molar-refractivity contribution in [2.75, 3.05) is 152 Å². The average molecular weight is 1770 g/mol. The lowest BCUT2D eigenvalue weighted by Crippen LogP contribution is -2.57. The zero-order valence-electron chi connectivity index (χ0n) is 71.9. The van der Waals surface area contributed by atoms with Gasteiger partial charge in [0.1, 0.15) is 35.9 Å². The van der Waals surface area contributed by atoms with Gasteiger partial charge in [0.2, 0.25) is 35.4 Å². The van der Waals surface area contributed by atoms with Crippen molar-refractivity contribution in [3.05, 3.63) is 88.6 Å². The van der Waals surface area contributed by atoms with Gasteiger partial charge in [0.15, 0.2) is 48.7 Å². The number of rotatable bonds is 66. The summed E-state index contributed by atoms with van der Waals surface area (Å²) in [6.07, 6.45) is -12.3. The largest absolute Gasteiger partial charge is 0.489 e. The van der Waals surface area contributed by atoms with Gasteiger partial charge in [0.25, 0.3) is 0 Å². The summed E-state index contributed by atoms with van der Waals surface area (Å²) >= 11 is 0. The van der Waals surface area contributed by atoms with Gasteiger partial charge >= 0.3 is 53.7 Å². The van der Waals surface area contributed by atoms with Crippen LogP contribution in [-0.4, -0.2) is 316 Å². The van der Waals surface area contributed by atoms with E-state index in [1.165, 1.54) is 4.90 Å². The maximum atomic E-state index is 14.6. The lowest BCUT2D eigenvalue weighted by atomic mass is 10.0. The molecule has 2 aromatic carbocycles. The first kappa shape index (κ1) is 109. The van der Waals surface area contributed by atoms with Crippen molar-refractivity contribution in [3.63, 3.8) is 0 Å². The van der Waals surface area contributed by atoms with Gasteiger partial charge in [0.05, 0.1) is 138 Å². The summed E-state index contributed by atoms with van der Waals surface area (Å²) in [7, 11) is 0. The quantitative estimate of drug-likeness (QED) is 0.0124. The standard InChI is InChI=1S/C80H119N7O37/c1-50(88)84-71(74(122-59(10)97)66(119-56(7)94)22-28-112-53(4)91)78(103)115-43-40-109-37-34-106-31-25-81-69(100)47-87(48-70(101)82-26-32-107-35-38-110-41-44-116-79(104)72(85-51(2)89)75(123-60(11)98)67(120-57(8)95)23-29-113-54(5)92)65(46-62-18-20-64(21-19-62)118-49-63-16-14-13-15-17-63)77(102)83-27-33-108-36-39-111-42-45-117-80(105)73(86-52(3)90)76(124-61(12)99)68(121-58(9)96)24-30-114-55(6)93/h13-21,65-68,71,74,78-80,103-105H,22-49H2,1-12H3,(H,81,100)(H,82,101)(H,83,102)(H,84,88)(H,85,89)(H,86,90). The van der Waals surface area contributed by atoms with E-state index < -0.39 is 181 Å². The number of esters is 9. The molecule has 6 amide bonds. The summed E-state index contributed by atoms with van der Waals surface area (Å²) < 4.78 is 103. The average Bonchev–Trinajstić information content (AvgIpc) is 0.851. The van der Waals surface area contributed by atoms with Crippen molar-refractivity contribution in [2.45, 2.75) is 171 Å². The zero-order chi connectivity index (χ0) is 92.3. The maximum Gasteiger partial charge on any atom is 0.307 e. The Bertz CT molecular complexity index is 3720. The first-order valence-electron chi connectivity index (χ1n) is 39.4. The predicted molar refractivity (Wildman–Crippen MR) is 425 cm³/mol. The molecule has 0 bridgehead atoms. The van der Waals surface area contributed by atoms with Gasteiger partial charge in [0, 0.05) is 122 Å². The van der Waals surface area contributed by atoms with Crippen molar-refractivity contribution in [3.8, 4) is 5.75 Å². The fourth-order valence-corrected chi connectivity index (χ4v) is 10.8. The van der Waals surface area contributed by atoms with Crippen molar-refractivity contribution >= 4 is 89.2 Å². The van der Waals surface area contributed by atoms with Crippen LogP contribution in [0.25, 0.3) is 0 Å². The van der Waals surface area contributed by atoms with Gasteiger partial charge in [-0.1, -0.05) is 42.5 Å². The maximum absolute atomic E-state index is 14.6. The van der Waals surface area contributed by atoms with Crippen LogP contribution in [0.5, 0.6) is 5.75 Å². The van der Waals surface area contributed by atoms with Crippen LogP contribution in [0.3, 0.4) is 0 Å². The first-order valence-corrected chi connectivity index (χ1v) is 39.4. The number of amides is 6. The molecule has 0 aliphatic rings. The SMILES string of the molecule is CC(=O)NC(=C(OC(C)=O)C(CCOC(C)=O)OC(C)=O)C(O)OCCOCCOCCNC(=O)CN(CC(=O)NCCOCCOCCOC(O)C(NC(C)=O)C(OC(C)=O)C(CCOC(C)=O)OC(C)=O)C(Cc1ccc(OCc2ccccc2)cc1)C(=O)NCCOCCOCCOC(O)C(NC(C)=O)=C(OC(C)=O)C(CCOC(C)=O)OC(C)=O. The molecule has 0 aliphatic carbocycles. The molecule has 0 saturated heterocycles. The van der Waals surface area contributed by atoms with Crippen LogP contribution in [0, 0.1) is 0 Å². The van der Waals surface area contributed by atoms with Crippen molar-refractivity contribution in [2.24, 2.45) is 0 Å². The summed E-state index contributed by atoms with van der Waals surface area (Å²) in [5.74, 6) is -11.7. The number of nitrogens with zero attached hydrogens (tertiary/aromatic N) is 1. The second-order valence-corrected chi connectivity index (χ2v) is 26.6. The molecule has 9 N–H and O–H groups in total. The van der Waals surface area contributed by atoms with Gasteiger partial charge in [-0.15, -0.1) is 0 Å². The van der Waals surface area contributed by atoms with Gasteiger partial charge in [-0.25, -0.2) is 0 Å². The number of nitrogens with one attached hydrogen (secondary N) is 6. The molecule has 0 heterocycles. The van der Waals surface area contributed by atoms with Crippen LogP contribution in [0.4, 0.5) is 0 Å². The topological polar surface area (TPSA) is 568 Å². The van der Waals surface area contributed by atoms with Crippen LogP contribution in [0.1, 0.15) is 113 Å². The third kappa shape index (κ3) is 52.0. The molecular formula is C80H119N7O37. The second-order valence-electron chi connectivity index (χ2n) is 26.6. The molecule has 2 aromatic rings. The second kappa shape index (κ2) is 64.1. The van der Waals surface area contributed by atoms with Crippen molar-refractivity contribution in [1.82, 2.24) is 36.8 Å². The molecule has 696 valence electrons. The Kier molecular flexibility index (Phi) is 56.5. The highest BCUT2D eigenvalue weighted by molar-refractivity contribution is 5.86. The zero-order valence-corrected chi connectivity index (χ0v) is 71.9. The summed E-state index contributed by atoms with van der Waals surface area (Å²) in [6.45, 7) is 9.26. The normalized spacial score (nSPS) is 13.7. The molecule has 44 nitrogen and oxygen atoms in total. The minimum atomic E-state index is -1.99. The highest BCUT2D eigenvalue weighted by Gasteiger charge is 2.41. The Balaban J connectivity index is 2.33. The van der Waals surface area contributed by atoms with Crippen molar-refractivity contribution < 1.29 is 177 Å². The molecule has 124 heavy (non-hydrogen) atoms. The Morgan fingerprint density at radius 2 is 0.766 bits per heavy atom. The fraction of sp³-hybridized carbons (Fsp3) is 0.613. The van der Waals surface area contributed by atoms with Crippen LogP contribution in [0.15, 0.2) is 77.5 Å². The number of carbonyl (C=O) groups excluding carboxylic acids is 15. The van der Waals surface area contributed by atoms with Gasteiger partial charge in [-0.05, 0) is 29.7 Å². The van der Waals surface area contributed by atoms with E-state index in [2.05, 4.69) is 31.9 Å². The monoisotopic (exact) mass is 1770 g/mol. The highest BCUT2D eigenvalue weighted by atomic mass is 16.7. The molecule has 0 fully saturated rings. The van der Waals surface area contributed by atoms with Gasteiger partial charge in [-0.3, -0.25) is 76.8 Å². The van der Waals surface area contributed by atoms with E-state index in [1.807, 2.05) is 30.3 Å². The molecule has 9 unspecified atom stereocenters. The number of benzene rings is 2. The Morgan fingerprint density at radius 1 is 0.379 bits per heavy atom. The molecule has 0 saturated carbocycles. The van der Waals surface area contributed by atoms with Crippen molar-refractivity contribution in [1.29, 1.82) is 0 Å². The lowest BCUT2D eigenvalue weighted by Gasteiger charge is -2.35. The minimum absolute atomic E-state index is 0.0178. The third-order valence-corrected chi connectivity index (χ3v) is 15.8. The lowest BCUT2D eigenvalue weighted by molar-refractivity contribution is -0.191. The molecular weight excluding hydrogens is 1650 g/mol. The van der Waals surface area contributed by atoms with Crippen LogP contribution >= 0.6 is 0 Å². The van der Waals surface area contributed by atoms with E-state index in [-0.39, 0.29) is 171 Å². The van der Waals surface area contributed by atoms with E-state index in [9.17, 15) is 87.2 Å². The number of carbonyl (C=O) groups is 15. The Morgan fingerprint density at radius 3 is 1.15 bits per heavy atom. The van der Waals surface area contributed by atoms with Gasteiger partial charge in [-0.2, -0.15) is 0 Å². The summed E-state index contributed by atoms with van der Waals surface area (Å²) in [4.78, 5) is 188. The first-order chi connectivity index (χ1) is 59.0. The molecule has 9 atom stereocenters. The number of aliphatic hydroxyl groups excluding tert-OH is 3. The molecule has 0 aromatic heterocycles. The van der Waals surface area contributed by atoms with E-state index >= 15 is 0 Å². The van der Waals surface area contributed by atoms with Gasteiger partial charge < -0.3 is 137 Å². The van der Waals surface area contributed by atoms with E-state index in [4.69, 9.17) is 90.0 Å². The Hall–Kier alpha value is -10.7. The van der Waals surface area contributed by atoms with Crippen LogP contribution in [0.2, 0.25) is 0 Å². The molecule has 44 heteroatoms. The minimum Gasteiger partial charge on any atom is -0.489 e. The molecule has 2 rings (SSSR count). The number of aliphatic hydroxyl groups is 3. The summed E-state index contributed by atoms with van der Waals surface area (Å²) in [5, 5.41) is 48.7. The number of hydrogen-bond acceptors (Lipinski definition) is 38. The molecule has 0 aliphatic heterocycles. The fourth-order valence-electron chi connectivity index (χ4n) is 10.8. The molecule has 0 radical (unpaired) electrons. The third-order valence-electron chi connectivity index (χ3n) is 15.8. The smallest absolute Gasteiger partial charge is 0.307 e. The van der Waals surface area contributed by atoms with E-state index in [1.54, 1.807) is 24.3 Å². The summed E-state index contributed by atoms with van der Waals surface area (Å²) in [6, 6.07) is 13.5. The van der Waals surface area contributed by atoms with E-state index in [0.717, 1.165) is 88.6 Å². The van der Waals surface area contributed by atoms with Crippen LogP contribution in [-0.2, 0) is 170 Å². The number of hydrogen-bond donors (Lipinski definition) is 9. The molecule has 0 spiro atoms. The Labute approximate surface area is 717 Å². The number of ether oxygens (including phenoxy) is 19. The summed E-state index contributed by atoms with van der Waals surface area (Å²) in [5.41, 5.74) is 0.523. The van der Waals surface area contributed by atoms with Crippen LogP contribution < -0.4 is 36.6 Å².